The molecule has 2 rings (SSSR count). The standard InChI is InChI=1S/C28H40O7/c1-8-9-10-11-12-17(29)22-19(31)14-18(30)20(23(22)32)16(13-15(2)3)21-24(33)27(4,5)26(35)28(6,7)25(21)34/h14-16,30-33H,8-13H2,1-7H3. The second-order valence-electron chi connectivity index (χ2n) is 11.1. The lowest BCUT2D eigenvalue weighted by atomic mass is 9.60. The number of hydrogen-bond donors (Lipinski definition) is 4. The van der Waals surface area contributed by atoms with E-state index >= 15 is 0 Å². The average molecular weight is 489 g/mol. The molecule has 7 heteroatoms. The Kier molecular flexibility index (Phi) is 8.46. The SMILES string of the molecule is CCCCCCC(=O)c1c(O)cc(O)c(C(CC(C)C)C2=C(O)C(C)(C)C(=O)C(C)(C)C2=O)c1O. The first-order valence-electron chi connectivity index (χ1n) is 12.4. The highest BCUT2D eigenvalue weighted by atomic mass is 16.3. The van der Waals surface area contributed by atoms with E-state index in [9.17, 15) is 34.8 Å². The monoisotopic (exact) mass is 488 g/mol. The predicted octanol–water partition coefficient (Wildman–Crippen LogP) is 6.10. The smallest absolute Gasteiger partial charge is 0.175 e. The minimum Gasteiger partial charge on any atom is -0.511 e. The minimum atomic E-state index is -1.43. The van der Waals surface area contributed by atoms with E-state index in [1.807, 2.05) is 20.8 Å². The number of carbonyl (C=O) groups excluding carboxylic acids is 3. The molecular formula is C28H40O7. The quantitative estimate of drug-likeness (QED) is 0.178. The Labute approximate surface area is 207 Å². The topological polar surface area (TPSA) is 132 Å². The fourth-order valence-corrected chi connectivity index (χ4v) is 5.06. The molecule has 0 amide bonds. The number of Topliss-reactive ketones (excluding diaryl/α,β-unsaturated/α-hetero) is 3. The highest BCUT2D eigenvalue weighted by molar-refractivity contribution is 6.19. The number of unbranched alkanes of at least 4 members (excludes halogenated alkanes) is 3. The maximum Gasteiger partial charge on any atom is 0.175 e. The zero-order chi connectivity index (χ0) is 26.9. The molecule has 0 fully saturated rings. The van der Waals surface area contributed by atoms with E-state index in [-0.39, 0.29) is 35.5 Å². The van der Waals surface area contributed by atoms with Crippen LogP contribution in [0.5, 0.6) is 17.2 Å². The highest BCUT2D eigenvalue weighted by Crippen LogP contribution is 2.52. The van der Waals surface area contributed by atoms with Crippen molar-refractivity contribution >= 4 is 17.3 Å². The number of ketones is 3. The molecular weight excluding hydrogens is 448 g/mol. The van der Waals surface area contributed by atoms with Crippen LogP contribution >= 0.6 is 0 Å². The zero-order valence-corrected chi connectivity index (χ0v) is 22.0. The van der Waals surface area contributed by atoms with Crippen molar-refractivity contribution in [3.63, 3.8) is 0 Å². The third-order valence-corrected chi connectivity index (χ3v) is 7.03. The van der Waals surface area contributed by atoms with Crippen LogP contribution in [-0.4, -0.2) is 37.8 Å². The second-order valence-corrected chi connectivity index (χ2v) is 11.1. The maximum absolute atomic E-state index is 13.5. The number of allylic oxidation sites excluding steroid dienone is 2. The lowest BCUT2D eigenvalue weighted by molar-refractivity contribution is -0.144. The van der Waals surface area contributed by atoms with Crippen LogP contribution in [0.1, 0.15) is 109 Å². The van der Waals surface area contributed by atoms with Crippen molar-refractivity contribution in [2.75, 3.05) is 0 Å². The highest BCUT2D eigenvalue weighted by Gasteiger charge is 2.55. The van der Waals surface area contributed by atoms with Crippen LogP contribution in [-0.2, 0) is 9.59 Å². The summed E-state index contributed by atoms with van der Waals surface area (Å²) in [7, 11) is 0. The van der Waals surface area contributed by atoms with Crippen LogP contribution in [0.25, 0.3) is 0 Å². The summed E-state index contributed by atoms with van der Waals surface area (Å²) in [6, 6.07) is 0.994. The number of phenolic OH excluding ortho intramolecular Hbond substituents is 3. The van der Waals surface area contributed by atoms with Crippen LogP contribution in [0.2, 0.25) is 0 Å². The number of aromatic hydroxyl groups is 3. The summed E-state index contributed by atoms with van der Waals surface area (Å²) in [5.41, 5.74) is -3.27. The Bertz CT molecular complexity index is 1040. The molecule has 35 heavy (non-hydrogen) atoms. The first-order valence-corrected chi connectivity index (χ1v) is 12.4. The third kappa shape index (κ3) is 5.24. The summed E-state index contributed by atoms with van der Waals surface area (Å²) in [6.45, 7) is 11.9. The van der Waals surface area contributed by atoms with Gasteiger partial charge in [-0.3, -0.25) is 14.4 Å². The first kappa shape index (κ1) is 28.4. The average Bonchev–Trinajstić information content (AvgIpc) is 2.74. The summed E-state index contributed by atoms with van der Waals surface area (Å²) in [6.07, 6.45) is 3.72. The summed E-state index contributed by atoms with van der Waals surface area (Å²) < 4.78 is 0. The largest absolute Gasteiger partial charge is 0.511 e. The molecule has 1 aromatic carbocycles. The molecule has 0 spiro atoms. The molecule has 1 atom stereocenters. The molecule has 0 heterocycles. The van der Waals surface area contributed by atoms with E-state index in [0.29, 0.717) is 6.42 Å². The lowest BCUT2D eigenvalue weighted by Crippen LogP contribution is -2.49. The Morgan fingerprint density at radius 1 is 0.914 bits per heavy atom. The lowest BCUT2D eigenvalue weighted by Gasteiger charge is -2.41. The molecule has 0 aromatic heterocycles. The van der Waals surface area contributed by atoms with Crippen LogP contribution in [0.4, 0.5) is 0 Å². The summed E-state index contributed by atoms with van der Waals surface area (Å²) in [5.74, 6) is -4.58. The molecule has 7 nitrogen and oxygen atoms in total. The van der Waals surface area contributed by atoms with Gasteiger partial charge in [0, 0.05) is 29.5 Å². The van der Waals surface area contributed by atoms with Gasteiger partial charge in [0.2, 0.25) is 0 Å². The van der Waals surface area contributed by atoms with Gasteiger partial charge in [0.15, 0.2) is 17.3 Å². The van der Waals surface area contributed by atoms with Gasteiger partial charge in [-0.2, -0.15) is 0 Å². The van der Waals surface area contributed by atoms with Gasteiger partial charge < -0.3 is 20.4 Å². The molecule has 1 aliphatic rings. The molecule has 0 bridgehead atoms. The van der Waals surface area contributed by atoms with Crippen molar-refractivity contribution < 1.29 is 34.8 Å². The van der Waals surface area contributed by atoms with Gasteiger partial charge in [-0.25, -0.2) is 0 Å². The zero-order valence-electron chi connectivity index (χ0n) is 22.0. The molecule has 1 aliphatic carbocycles. The number of aliphatic hydroxyl groups excluding tert-OH is 1. The van der Waals surface area contributed by atoms with E-state index < -0.39 is 57.1 Å². The van der Waals surface area contributed by atoms with Crippen molar-refractivity contribution in [2.45, 2.75) is 92.9 Å². The third-order valence-electron chi connectivity index (χ3n) is 7.03. The van der Waals surface area contributed by atoms with Gasteiger partial charge in [0.25, 0.3) is 0 Å². The first-order chi connectivity index (χ1) is 16.1. The number of rotatable bonds is 10. The van der Waals surface area contributed by atoms with E-state index in [1.165, 1.54) is 27.7 Å². The van der Waals surface area contributed by atoms with Crippen molar-refractivity contribution in [3.8, 4) is 17.2 Å². The van der Waals surface area contributed by atoms with Gasteiger partial charge in [0.1, 0.15) is 28.6 Å². The maximum atomic E-state index is 13.5. The fourth-order valence-electron chi connectivity index (χ4n) is 5.06. The van der Waals surface area contributed by atoms with E-state index in [4.69, 9.17) is 0 Å². The summed E-state index contributed by atoms with van der Waals surface area (Å²) in [5, 5.41) is 43.6. The van der Waals surface area contributed by atoms with Crippen molar-refractivity contribution in [2.24, 2.45) is 16.7 Å². The van der Waals surface area contributed by atoms with Gasteiger partial charge >= 0.3 is 0 Å². The summed E-state index contributed by atoms with van der Waals surface area (Å²) >= 11 is 0. The molecule has 0 aliphatic heterocycles. The molecule has 0 radical (unpaired) electrons. The van der Waals surface area contributed by atoms with Crippen LogP contribution in [0.15, 0.2) is 17.4 Å². The number of carbonyl (C=O) groups is 3. The molecule has 1 unspecified atom stereocenters. The second kappa shape index (κ2) is 10.4. The van der Waals surface area contributed by atoms with Crippen LogP contribution in [0.3, 0.4) is 0 Å². The van der Waals surface area contributed by atoms with Crippen LogP contribution < -0.4 is 0 Å². The van der Waals surface area contributed by atoms with Gasteiger partial charge in [-0.15, -0.1) is 0 Å². The van der Waals surface area contributed by atoms with Crippen molar-refractivity contribution in [3.05, 3.63) is 28.5 Å². The number of hydrogen-bond acceptors (Lipinski definition) is 7. The Morgan fingerprint density at radius 2 is 1.51 bits per heavy atom. The molecule has 4 N–H and O–H groups in total. The van der Waals surface area contributed by atoms with Gasteiger partial charge in [0.05, 0.1) is 10.8 Å². The minimum absolute atomic E-state index is 0.0437. The summed E-state index contributed by atoms with van der Waals surface area (Å²) in [4.78, 5) is 39.5. The molecule has 0 saturated heterocycles. The van der Waals surface area contributed by atoms with E-state index in [2.05, 4.69) is 0 Å². The van der Waals surface area contributed by atoms with E-state index in [1.54, 1.807) is 0 Å². The molecule has 0 saturated carbocycles. The fraction of sp³-hybridized carbons (Fsp3) is 0.607. The molecule has 1 aromatic rings. The van der Waals surface area contributed by atoms with Crippen molar-refractivity contribution in [1.29, 1.82) is 0 Å². The van der Waals surface area contributed by atoms with Gasteiger partial charge in [-0.05, 0) is 46.5 Å². The van der Waals surface area contributed by atoms with E-state index in [0.717, 1.165) is 25.3 Å². The normalized spacial score (nSPS) is 18.3. The van der Waals surface area contributed by atoms with Crippen molar-refractivity contribution in [1.82, 2.24) is 0 Å². The Morgan fingerprint density at radius 3 is 2.06 bits per heavy atom. The number of aliphatic hydroxyl groups is 1. The molecule has 194 valence electrons. The van der Waals surface area contributed by atoms with Gasteiger partial charge in [-0.1, -0.05) is 40.0 Å². The number of phenols is 3. The van der Waals surface area contributed by atoms with Crippen LogP contribution in [0, 0.1) is 16.7 Å². The number of benzene rings is 1. The Balaban J connectivity index is 2.76. The predicted molar refractivity (Wildman–Crippen MR) is 134 cm³/mol. The Hall–Kier alpha value is -2.83.